The number of aromatic nitrogens is 1. The van der Waals surface area contributed by atoms with E-state index in [9.17, 15) is 0 Å². The summed E-state index contributed by atoms with van der Waals surface area (Å²) in [6.07, 6.45) is 5.80. The first-order valence-electron chi connectivity index (χ1n) is 6.37. The molecule has 0 radical (unpaired) electrons. The Morgan fingerprint density at radius 3 is 2.88 bits per heavy atom. The molecule has 1 unspecified atom stereocenters. The molecule has 3 rings (SSSR count). The summed E-state index contributed by atoms with van der Waals surface area (Å²) in [7, 11) is 0. The van der Waals surface area contributed by atoms with Crippen LogP contribution in [0.15, 0.2) is 6.07 Å². The van der Waals surface area contributed by atoms with Gasteiger partial charge < -0.3 is 0 Å². The number of nitrogens with zero attached hydrogens (tertiary/aromatic N) is 1. The third-order valence-corrected chi connectivity index (χ3v) is 6.27. The second kappa shape index (κ2) is 3.94. The van der Waals surface area contributed by atoms with Crippen LogP contribution in [-0.4, -0.2) is 4.57 Å². The van der Waals surface area contributed by atoms with Gasteiger partial charge in [-0.05, 0) is 0 Å². The van der Waals surface area contributed by atoms with E-state index >= 15 is 0 Å². The molecule has 1 aromatic heterocycles. The molecule has 2 heterocycles. The van der Waals surface area contributed by atoms with Crippen molar-refractivity contribution in [2.24, 2.45) is 5.92 Å². The van der Waals surface area contributed by atoms with Gasteiger partial charge in [-0.3, -0.25) is 0 Å². The summed E-state index contributed by atoms with van der Waals surface area (Å²) < 4.78 is 4.25. The van der Waals surface area contributed by atoms with E-state index in [1.54, 1.807) is 28.7 Å². The maximum absolute atomic E-state index is 2.66. The minimum atomic E-state index is 0.867. The molecule has 16 heavy (non-hydrogen) atoms. The van der Waals surface area contributed by atoms with Crippen LogP contribution in [0.4, 0.5) is 0 Å². The Morgan fingerprint density at radius 1 is 1.25 bits per heavy atom. The number of aryl methyl sites for hydroxylation is 2. The summed E-state index contributed by atoms with van der Waals surface area (Å²) in [5.41, 5.74) is 4.70. The molecule has 2 atom stereocenters. The zero-order valence-corrected chi connectivity index (χ0v) is 13.1. The number of hydrogen-bond donors (Lipinski definition) is 0. The van der Waals surface area contributed by atoms with Gasteiger partial charge in [-0.1, -0.05) is 0 Å². The van der Waals surface area contributed by atoms with Crippen molar-refractivity contribution < 1.29 is 19.4 Å². The molecule has 1 saturated carbocycles. The quantitative estimate of drug-likeness (QED) is 0.645. The van der Waals surface area contributed by atoms with Gasteiger partial charge in [0.25, 0.3) is 0 Å². The summed E-state index contributed by atoms with van der Waals surface area (Å²) >= 11 is 1.63. The van der Waals surface area contributed by atoms with E-state index in [4.69, 9.17) is 0 Å². The topological polar surface area (TPSA) is 4.93 Å². The molecule has 1 aliphatic carbocycles. The Labute approximate surface area is 108 Å². The number of rotatable bonds is 0. The fourth-order valence-electron chi connectivity index (χ4n) is 3.68. The molecule has 0 amide bonds. The molecule has 0 spiro atoms. The summed E-state index contributed by atoms with van der Waals surface area (Å²) in [5.74, 6) is 1.83. The van der Waals surface area contributed by atoms with Crippen molar-refractivity contribution in [1.82, 2.24) is 4.57 Å². The minimum absolute atomic E-state index is 0.867. The van der Waals surface area contributed by atoms with Gasteiger partial charge >= 0.3 is 108 Å². The maximum atomic E-state index is 2.66. The van der Waals surface area contributed by atoms with Crippen LogP contribution in [0.3, 0.4) is 0 Å². The van der Waals surface area contributed by atoms with Gasteiger partial charge in [0, 0.05) is 0 Å². The van der Waals surface area contributed by atoms with Gasteiger partial charge in [0.1, 0.15) is 0 Å². The van der Waals surface area contributed by atoms with Crippen molar-refractivity contribution in [3.8, 4) is 0 Å². The standard InChI is InChI=1S/C14H19N.W/c1-10-6-11(2)14-13-5-3-4-12(7-13)9-15(14)8-10;/h6,12-13H,3-5,7,9H2,1-2H3;/t12-,13?;/m1./s1. The summed E-state index contributed by atoms with van der Waals surface area (Å²) in [6.45, 7) is 5.88. The van der Waals surface area contributed by atoms with E-state index in [2.05, 4.69) is 24.5 Å². The fraction of sp³-hybridized carbons (Fsp3) is 0.643. The molecule has 1 fully saturated rings. The second-order valence-electron chi connectivity index (χ2n) is 5.54. The van der Waals surface area contributed by atoms with Crippen LogP contribution < -0.4 is 0 Å². The van der Waals surface area contributed by atoms with E-state index in [1.807, 2.05) is 0 Å². The predicted octanol–water partition coefficient (Wildman–Crippen LogP) is 3.47. The van der Waals surface area contributed by atoms with Crippen molar-refractivity contribution in [3.63, 3.8) is 0 Å². The van der Waals surface area contributed by atoms with Gasteiger partial charge in [-0.25, -0.2) is 0 Å². The first-order chi connectivity index (χ1) is 7.66. The van der Waals surface area contributed by atoms with E-state index in [-0.39, 0.29) is 0 Å². The Morgan fingerprint density at radius 2 is 2.06 bits per heavy atom. The van der Waals surface area contributed by atoms with Gasteiger partial charge in [0.05, 0.1) is 0 Å². The third kappa shape index (κ3) is 1.59. The van der Waals surface area contributed by atoms with E-state index in [0.29, 0.717) is 0 Å². The van der Waals surface area contributed by atoms with Crippen LogP contribution in [0.1, 0.15) is 48.4 Å². The Kier molecular flexibility index (Phi) is 2.70. The van der Waals surface area contributed by atoms with Gasteiger partial charge in [-0.2, -0.15) is 0 Å². The summed E-state index contributed by atoms with van der Waals surface area (Å²) in [5, 5.41) is 0. The zero-order valence-electron chi connectivity index (χ0n) is 10.1. The fourth-order valence-corrected chi connectivity index (χ4v) is 4.52. The normalized spacial score (nSPS) is 27.6. The SMILES string of the molecule is Cc1cc(C)[c](=[W])n2c1C1CCC[C@H](C1)C2. The van der Waals surface area contributed by atoms with Crippen molar-refractivity contribution in [2.45, 2.75) is 52.0 Å². The average molecular weight is 385 g/mol. The van der Waals surface area contributed by atoms with E-state index < -0.39 is 0 Å². The average Bonchev–Trinajstić information content (AvgIpc) is 2.25. The number of fused-ring (bicyclic) bond motifs is 4. The van der Waals surface area contributed by atoms with Crippen molar-refractivity contribution in [2.75, 3.05) is 0 Å². The third-order valence-electron chi connectivity index (χ3n) is 4.32. The number of pyridine rings is 1. The number of hydrogen-bond acceptors (Lipinski definition) is 0. The molecule has 2 heteroatoms. The first kappa shape index (κ1) is 11.0. The monoisotopic (exact) mass is 385 g/mol. The van der Waals surface area contributed by atoms with E-state index in [1.165, 1.54) is 43.4 Å². The first-order valence-corrected chi connectivity index (χ1v) is 7.84. The molecule has 2 aliphatic rings. The van der Waals surface area contributed by atoms with Gasteiger partial charge in [0.2, 0.25) is 0 Å². The van der Waals surface area contributed by atoms with Gasteiger partial charge in [-0.15, -0.1) is 0 Å². The predicted molar refractivity (Wildman–Crippen MR) is 61.8 cm³/mol. The van der Waals surface area contributed by atoms with Gasteiger partial charge in [0.15, 0.2) is 0 Å². The Bertz CT molecular complexity index is 486. The molecule has 1 nitrogen and oxygen atoms in total. The summed E-state index contributed by atoms with van der Waals surface area (Å²) in [4.78, 5) is 0. The molecule has 86 valence electrons. The van der Waals surface area contributed by atoms with Crippen LogP contribution in [-0.2, 0) is 25.9 Å². The molecule has 0 saturated heterocycles. The van der Waals surface area contributed by atoms with Crippen LogP contribution >= 0.6 is 0 Å². The molecular weight excluding hydrogens is 366 g/mol. The van der Waals surface area contributed by atoms with Crippen LogP contribution in [0, 0.1) is 23.4 Å². The molecule has 0 N–H and O–H groups in total. The van der Waals surface area contributed by atoms with Crippen molar-refractivity contribution in [3.05, 3.63) is 26.6 Å². The van der Waals surface area contributed by atoms with Crippen LogP contribution in [0.25, 0.3) is 0 Å². The molecule has 1 aromatic rings. The Hall–Kier alpha value is -0.162. The molecule has 1 aliphatic heterocycles. The Balaban J connectivity index is 2.23. The molecule has 0 aromatic carbocycles. The second-order valence-corrected chi connectivity index (χ2v) is 6.93. The van der Waals surface area contributed by atoms with Crippen molar-refractivity contribution in [1.29, 1.82) is 0 Å². The van der Waals surface area contributed by atoms with Crippen LogP contribution in [0.2, 0.25) is 0 Å². The zero-order chi connectivity index (χ0) is 11.3. The molecular formula is C14H19NW. The van der Waals surface area contributed by atoms with Crippen molar-refractivity contribution >= 4 is 0 Å². The van der Waals surface area contributed by atoms with Crippen LogP contribution in [0.5, 0.6) is 0 Å². The summed E-state index contributed by atoms with van der Waals surface area (Å²) in [6, 6.07) is 2.41. The molecule has 2 bridgehead atoms. The van der Waals surface area contributed by atoms with E-state index in [0.717, 1.165) is 11.8 Å².